The highest BCUT2D eigenvalue weighted by Crippen LogP contribution is 2.76. The van der Waals surface area contributed by atoms with Crippen molar-refractivity contribution >= 4 is 0 Å². The van der Waals surface area contributed by atoms with Crippen molar-refractivity contribution in [3.63, 3.8) is 0 Å². The molecule has 0 amide bonds. The van der Waals surface area contributed by atoms with Crippen LogP contribution in [0.2, 0.25) is 0 Å². The van der Waals surface area contributed by atoms with Crippen LogP contribution in [-0.2, 0) is 28.4 Å². The van der Waals surface area contributed by atoms with Crippen LogP contribution < -0.4 is 0 Å². The summed E-state index contributed by atoms with van der Waals surface area (Å²) in [5.41, 5.74) is -1.000. The van der Waals surface area contributed by atoms with Gasteiger partial charge >= 0.3 is 0 Å². The minimum absolute atomic E-state index is 0.122. The lowest BCUT2D eigenvalue weighted by atomic mass is 9.35. The third-order valence-corrected chi connectivity index (χ3v) is 18.8. The number of aliphatic hydroxyl groups is 12. The van der Waals surface area contributed by atoms with Gasteiger partial charge in [-0.2, -0.15) is 0 Å². The number of allylic oxidation sites excluding steroid dienone is 2. The van der Waals surface area contributed by atoms with E-state index in [4.69, 9.17) is 28.4 Å². The number of ether oxygens (including phenoxy) is 6. The summed E-state index contributed by atoms with van der Waals surface area (Å²) in [5, 5.41) is 128. The molecule has 0 aromatic heterocycles. The lowest BCUT2D eigenvalue weighted by Crippen LogP contribution is -2.67. The van der Waals surface area contributed by atoms with Crippen LogP contribution in [0, 0.1) is 45.3 Å². The molecule has 12 N–H and O–H groups in total. The van der Waals surface area contributed by atoms with Crippen molar-refractivity contribution in [3.05, 3.63) is 11.6 Å². The van der Waals surface area contributed by atoms with Crippen molar-refractivity contribution in [1.29, 1.82) is 0 Å². The third-order valence-electron chi connectivity index (χ3n) is 18.8. The first-order valence-corrected chi connectivity index (χ1v) is 24.4. The Morgan fingerprint density at radius 3 is 1.74 bits per heavy atom. The molecule has 18 nitrogen and oxygen atoms in total. The number of rotatable bonds is 13. The molecule has 4 saturated carbocycles. The zero-order valence-electron chi connectivity index (χ0n) is 40.0. The molecule has 0 unspecified atom stereocenters. The van der Waals surface area contributed by atoms with Crippen LogP contribution in [0.25, 0.3) is 0 Å². The van der Waals surface area contributed by atoms with Crippen LogP contribution in [-0.4, -0.2) is 191 Å². The SMILES string of the molecule is CC(C)=CCC[C@](C)(O[C@@H]1O[C@H](CO)[C@@H](O)[C@H](O)[C@H]1O)[C@H]1CC[C@]2(C)[C@@H]1[C@@H](O)C[C@@H]1[C@@]3(C)CC[C@H](O[C@@H]4O[C@H](CO[C@@H]5O[C@H](CO)[C@@H](O)[C@H](O)[C@H]5O)[C@@H](O)[C@H](O)[C@H]4O)C(C)(C)[C@H]3CC[C@]12C. The molecule has 18 heteroatoms. The van der Waals surface area contributed by atoms with Gasteiger partial charge in [-0.25, -0.2) is 0 Å². The normalized spacial score (nSPS) is 52.4. The van der Waals surface area contributed by atoms with E-state index in [-0.39, 0.29) is 39.9 Å². The molecule has 0 spiro atoms. The Labute approximate surface area is 388 Å². The summed E-state index contributed by atoms with van der Waals surface area (Å²) in [6.45, 7) is 15.8. The summed E-state index contributed by atoms with van der Waals surface area (Å²) in [6, 6.07) is 0. The minimum Gasteiger partial charge on any atom is -0.394 e. The molecule has 4 aliphatic carbocycles. The number of hydrogen-bond acceptors (Lipinski definition) is 18. The maximum atomic E-state index is 12.6. The maximum Gasteiger partial charge on any atom is 0.187 e. The molecule has 3 saturated heterocycles. The second-order valence-corrected chi connectivity index (χ2v) is 22.9. The van der Waals surface area contributed by atoms with Crippen LogP contribution in [0.5, 0.6) is 0 Å². The van der Waals surface area contributed by atoms with E-state index in [1.54, 1.807) is 0 Å². The average molecular weight is 947 g/mol. The predicted molar refractivity (Wildman–Crippen MR) is 234 cm³/mol. The van der Waals surface area contributed by atoms with E-state index in [9.17, 15) is 61.3 Å². The van der Waals surface area contributed by atoms with Gasteiger partial charge in [-0.1, -0.05) is 46.3 Å². The first-order valence-electron chi connectivity index (χ1n) is 24.4. The molecule has 3 heterocycles. The standard InChI is InChI=1S/C48H82O18/c1-22(2)10-9-14-48(8,66-43-40(60)36(56)33(53)26(20-50)63-43)23-11-16-47(7)31(23)24(51)18-29-45(5)15-13-30(44(3,4)28(45)12-17-46(29,47)6)65-42-39(59)37(57)34(54)27(64-42)21-61-41-38(58)35(55)32(52)25(19-49)62-41/h10,23-43,49-60H,9,11-21H2,1-8H3/t23-,24-,25+,26+,27+,28+,29+,30-,31-,32+,33+,34+,35-,36-,37-,38+,39+,40+,41+,42-,43-,45-,46+,47+,48-/m0/s1. The zero-order chi connectivity index (χ0) is 48.6. The van der Waals surface area contributed by atoms with Gasteiger partial charge in [0.2, 0.25) is 0 Å². The molecular formula is C48H82O18. The van der Waals surface area contributed by atoms with Gasteiger partial charge < -0.3 is 89.7 Å². The average Bonchev–Trinajstić information content (AvgIpc) is 3.65. The smallest absolute Gasteiger partial charge is 0.187 e. The second kappa shape index (κ2) is 19.6. The first-order chi connectivity index (χ1) is 30.8. The molecule has 3 aliphatic heterocycles. The molecule has 0 aromatic rings. The molecule has 66 heavy (non-hydrogen) atoms. The van der Waals surface area contributed by atoms with Crippen molar-refractivity contribution in [3.8, 4) is 0 Å². The van der Waals surface area contributed by atoms with Crippen LogP contribution in [0.15, 0.2) is 11.6 Å². The summed E-state index contributed by atoms with van der Waals surface area (Å²) in [7, 11) is 0. The van der Waals surface area contributed by atoms with Gasteiger partial charge in [0.1, 0.15) is 73.2 Å². The van der Waals surface area contributed by atoms with Crippen molar-refractivity contribution in [2.24, 2.45) is 45.3 Å². The minimum atomic E-state index is -1.69. The summed E-state index contributed by atoms with van der Waals surface area (Å²) < 4.78 is 36.5. The van der Waals surface area contributed by atoms with Crippen LogP contribution in [0.4, 0.5) is 0 Å². The van der Waals surface area contributed by atoms with Crippen LogP contribution >= 0.6 is 0 Å². The largest absolute Gasteiger partial charge is 0.394 e. The first kappa shape index (κ1) is 52.8. The molecule has 7 rings (SSSR count). The van der Waals surface area contributed by atoms with E-state index in [1.807, 2.05) is 20.8 Å². The van der Waals surface area contributed by atoms with Crippen molar-refractivity contribution < 1.29 is 89.7 Å². The number of fused-ring (bicyclic) bond motifs is 5. The maximum absolute atomic E-state index is 12.6. The topological polar surface area (TPSA) is 298 Å². The molecule has 0 aromatic carbocycles. The summed E-state index contributed by atoms with van der Waals surface area (Å²) in [5.74, 6) is -0.0736. The van der Waals surface area contributed by atoms with Crippen molar-refractivity contribution in [1.82, 2.24) is 0 Å². The molecule has 382 valence electrons. The van der Waals surface area contributed by atoms with Gasteiger partial charge in [0, 0.05) is 0 Å². The fourth-order valence-corrected chi connectivity index (χ4v) is 14.8. The van der Waals surface area contributed by atoms with E-state index >= 15 is 0 Å². The van der Waals surface area contributed by atoms with Crippen molar-refractivity contribution in [2.45, 2.75) is 223 Å². The number of hydrogen-bond donors (Lipinski definition) is 12. The zero-order valence-corrected chi connectivity index (χ0v) is 40.0. The lowest BCUT2D eigenvalue weighted by molar-refractivity contribution is -0.347. The monoisotopic (exact) mass is 947 g/mol. The van der Waals surface area contributed by atoms with Crippen LogP contribution in [0.3, 0.4) is 0 Å². The Kier molecular flexibility index (Phi) is 15.7. The fourth-order valence-electron chi connectivity index (χ4n) is 14.8. The Morgan fingerprint density at radius 2 is 1.15 bits per heavy atom. The molecular weight excluding hydrogens is 865 g/mol. The van der Waals surface area contributed by atoms with Gasteiger partial charge in [0.15, 0.2) is 18.9 Å². The molecule has 7 aliphatic rings. The van der Waals surface area contributed by atoms with Gasteiger partial charge in [0.25, 0.3) is 0 Å². The third kappa shape index (κ3) is 8.90. The molecule has 7 fully saturated rings. The van der Waals surface area contributed by atoms with Gasteiger partial charge in [-0.05, 0) is 124 Å². The van der Waals surface area contributed by atoms with Gasteiger partial charge in [0.05, 0.1) is 37.6 Å². The van der Waals surface area contributed by atoms with Crippen molar-refractivity contribution in [2.75, 3.05) is 19.8 Å². The van der Waals surface area contributed by atoms with E-state index in [2.05, 4.69) is 40.7 Å². The van der Waals surface area contributed by atoms with E-state index in [1.165, 1.54) is 0 Å². The molecule has 0 bridgehead atoms. The second-order valence-electron chi connectivity index (χ2n) is 22.9. The highest BCUT2D eigenvalue weighted by atomic mass is 16.7. The van der Waals surface area contributed by atoms with E-state index in [0.29, 0.717) is 25.7 Å². The Hall–Kier alpha value is -0.980. The summed E-state index contributed by atoms with van der Waals surface area (Å²) in [6.07, 6.45) is -14.8. The summed E-state index contributed by atoms with van der Waals surface area (Å²) >= 11 is 0. The molecule has 25 atom stereocenters. The van der Waals surface area contributed by atoms with E-state index in [0.717, 1.165) is 37.7 Å². The predicted octanol–water partition coefficient (Wildman–Crippen LogP) is -0.0268. The highest BCUT2D eigenvalue weighted by molar-refractivity contribution is 5.20. The Bertz CT molecular complexity index is 1680. The quantitative estimate of drug-likeness (QED) is 0.0853. The highest BCUT2D eigenvalue weighted by Gasteiger charge is 2.72. The Balaban J connectivity index is 1.08. The van der Waals surface area contributed by atoms with Crippen LogP contribution in [0.1, 0.15) is 113 Å². The van der Waals surface area contributed by atoms with Gasteiger partial charge in [-0.15, -0.1) is 0 Å². The molecule has 0 radical (unpaired) electrons. The summed E-state index contributed by atoms with van der Waals surface area (Å²) in [4.78, 5) is 0. The Morgan fingerprint density at radius 1 is 0.621 bits per heavy atom. The fraction of sp³-hybridized carbons (Fsp3) is 0.958. The lowest BCUT2D eigenvalue weighted by Gasteiger charge is -2.71. The number of aliphatic hydroxyl groups excluding tert-OH is 12. The van der Waals surface area contributed by atoms with E-state index < -0.39 is 135 Å². The van der Waals surface area contributed by atoms with Gasteiger partial charge in [-0.3, -0.25) is 0 Å².